The number of fused-ring (bicyclic) bond motifs is 2. The van der Waals surface area contributed by atoms with Gasteiger partial charge in [0.2, 0.25) is 0 Å². The standard InChI is InChI=1S/C15H17N5O/c1-4-20-13-11(6-10(16)7-17-13)15(21)19-12-8(2)5-9(3)18-14(12)20/h5-7H,4,16H2,1-3H3,(H,19,21). The summed E-state index contributed by atoms with van der Waals surface area (Å²) in [4.78, 5) is 23.3. The van der Waals surface area contributed by atoms with Gasteiger partial charge in [-0.25, -0.2) is 9.97 Å². The van der Waals surface area contributed by atoms with Crippen LogP contribution in [0, 0.1) is 13.8 Å². The van der Waals surface area contributed by atoms with Crippen molar-refractivity contribution >= 4 is 28.9 Å². The van der Waals surface area contributed by atoms with E-state index in [4.69, 9.17) is 5.73 Å². The van der Waals surface area contributed by atoms with E-state index in [-0.39, 0.29) is 5.91 Å². The van der Waals surface area contributed by atoms with Gasteiger partial charge in [0.25, 0.3) is 5.91 Å². The number of rotatable bonds is 1. The number of anilines is 4. The molecule has 0 aliphatic carbocycles. The van der Waals surface area contributed by atoms with Gasteiger partial charge in [-0.2, -0.15) is 0 Å². The van der Waals surface area contributed by atoms with Crippen LogP contribution in [-0.2, 0) is 0 Å². The van der Waals surface area contributed by atoms with Crippen molar-refractivity contribution in [3.63, 3.8) is 0 Å². The van der Waals surface area contributed by atoms with Crippen LogP contribution in [0.25, 0.3) is 0 Å². The zero-order valence-electron chi connectivity index (χ0n) is 12.3. The summed E-state index contributed by atoms with van der Waals surface area (Å²) in [6.07, 6.45) is 1.56. The largest absolute Gasteiger partial charge is 0.397 e. The molecule has 3 heterocycles. The van der Waals surface area contributed by atoms with Gasteiger partial charge in [0, 0.05) is 12.2 Å². The lowest BCUT2D eigenvalue weighted by atomic mass is 10.2. The van der Waals surface area contributed by atoms with E-state index in [0.717, 1.165) is 22.8 Å². The molecule has 108 valence electrons. The number of aromatic nitrogens is 2. The van der Waals surface area contributed by atoms with Gasteiger partial charge < -0.3 is 16.0 Å². The molecule has 0 unspecified atom stereocenters. The highest BCUT2D eigenvalue weighted by Crippen LogP contribution is 2.37. The Morgan fingerprint density at radius 3 is 2.76 bits per heavy atom. The Morgan fingerprint density at radius 2 is 2.05 bits per heavy atom. The van der Waals surface area contributed by atoms with Gasteiger partial charge in [-0.3, -0.25) is 4.79 Å². The molecule has 3 rings (SSSR count). The Morgan fingerprint density at radius 1 is 1.29 bits per heavy atom. The summed E-state index contributed by atoms with van der Waals surface area (Å²) in [5, 5.41) is 2.93. The summed E-state index contributed by atoms with van der Waals surface area (Å²) in [6, 6.07) is 3.60. The molecule has 0 saturated carbocycles. The van der Waals surface area contributed by atoms with Crippen LogP contribution in [0.15, 0.2) is 18.3 Å². The predicted molar refractivity (Wildman–Crippen MR) is 83.0 cm³/mol. The molecule has 2 aromatic heterocycles. The van der Waals surface area contributed by atoms with Crippen molar-refractivity contribution in [2.24, 2.45) is 0 Å². The highest BCUT2D eigenvalue weighted by atomic mass is 16.1. The number of hydrogen-bond acceptors (Lipinski definition) is 5. The second-order valence-corrected chi connectivity index (χ2v) is 5.12. The van der Waals surface area contributed by atoms with Crippen LogP contribution in [-0.4, -0.2) is 22.4 Å². The van der Waals surface area contributed by atoms with Gasteiger partial charge in [0.1, 0.15) is 5.82 Å². The van der Waals surface area contributed by atoms with Crippen molar-refractivity contribution in [3.8, 4) is 0 Å². The fraction of sp³-hybridized carbons (Fsp3) is 0.267. The fourth-order valence-corrected chi connectivity index (χ4v) is 2.60. The van der Waals surface area contributed by atoms with Crippen molar-refractivity contribution in [1.29, 1.82) is 0 Å². The van der Waals surface area contributed by atoms with Gasteiger partial charge in [-0.05, 0) is 38.5 Å². The molecule has 1 aliphatic rings. The zero-order chi connectivity index (χ0) is 15.1. The van der Waals surface area contributed by atoms with E-state index in [1.54, 1.807) is 12.3 Å². The normalized spacial score (nSPS) is 13.3. The van der Waals surface area contributed by atoms with Crippen LogP contribution in [0.1, 0.15) is 28.5 Å². The topological polar surface area (TPSA) is 84.1 Å². The number of aryl methyl sites for hydroxylation is 2. The maximum absolute atomic E-state index is 12.5. The van der Waals surface area contributed by atoms with Crippen LogP contribution in [0.3, 0.4) is 0 Å². The molecule has 2 aromatic rings. The number of carbonyl (C=O) groups is 1. The average molecular weight is 283 g/mol. The van der Waals surface area contributed by atoms with Crippen molar-refractivity contribution in [3.05, 3.63) is 35.2 Å². The monoisotopic (exact) mass is 283 g/mol. The molecule has 6 nitrogen and oxygen atoms in total. The third kappa shape index (κ3) is 2.08. The van der Waals surface area contributed by atoms with Crippen LogP contribution < -0.4 is 16.0 Å². The lowest BCUT2D eigenvalue weighted by Crippen LogP contribution is -2.20. The molecule has 0 saturated heterocycles. The van der Waals surface area contributed by atoms with E-state index in [9.17, 15) is 4.79 Å². The van der Waals surface area contributed by atoms with Crippen molar-refractivity contribution in [2.75, 3.05) is 22.5 Å². The molecule has 21 heavy (non-hydrogen) atoms. The Labute approximate surface area is 123 Å². The van der Waals surface area contributed by atoms with Crippen molar-refractivity contribution in [1.82, 2.24) is 9.97 Å². The molecule has 0 atom stereocenters. The molecular formula is C15H17N5O. The zero-order valence-corrected chi connectivity index (χ0v) is 12.3. The molecule has 1 aliphatic heterocycles. The van der Waals surface area contributed by atoms with Gasteiger partial charge in [-0.1, -0.05) is 0 Å². The summed E-state index contributed by atoms with van der Waals surface area (Å²) in [7, 11) is 0. The second kappa shape index (κ2) is 4.73. The van der Waals surface area contributed by atoms with Crippen molar-refractivity contribution in [2.45, 2.75) is 20.8 Å². The van der Waals surface area contributed by atoms with Gasteiger partial charge >= 0.3 is 0 Å². The van der Waals surface area contributed by atoms with E-state index >= 15 is 0 Å². The number of nitrogens with one attached hydrogen (secondary N) is 1. The predicted octanol–water partition coefficient (Wildman–Crippen LogP) is 2.40. The molecule has 0 radical (unpaired) electrons. The van der Waals surface area contributed by atoms with E-state index in [1.165, 1.54) is 0 Å². The third-order valence-electron chi connectivity index (χ3n) is 3.52. The fourth-order valence-electron chi connectivity index (χ4n) is 2.60. The summed E-state index contributed by atoms with van der Waals surface area (Å²) < 4.78 is 0. The second-order valence-electron chi connectivity index (χ2n) is 5.12. The molecule has 6 heteroatoms. The first-order chi connectivity index (χ1) is 10.0. The van der Waals surface area contributed by atoms with Crippen LogP contribution in [0.2, 0.25) is 0 Å². The highest BCUT2D eigenvalue weighted by molar-refractivity contribution is 6.12. The number of nitrogen functional groups attached to an aromatic ring is 1. The molecule has 1 amide bonds. The minimum atomic E-state index is -0.212. The first-order valence-electron chi connectivity index (χ1n) is 6.84. The Kier molecular flexibility index (Phi) is 3.01. The van der Waals surface area contributed by atoms with E-state index < -0.39 is 0 Å². The third-order valence-corrected chi connectivity index (χ3v) is 3.52. The van der Waals surface area contributed by atoms with Crippen LogP contribution in [0.5, 0.6) is 0 Å². The summed E-state index contributed by atoms with van der Waals surface area (Å²) in [6.45, 7) is 6.55. The lowest BCUT2D eigenvalue weighted by molar-refractivity contribution is 0.102. The van der Waals surface area contributed by atoms with E-state index in [1.807, 2.05) is 31.7 Å². The lowest BCUT2D eigenvalue weighted by Gasteiger charge is -2.23. The Hall–Kier alpha value is -2.63. The van der Waals surface area contributed by atoms with Crippen LogP contribution >= 0.6 is 0 Å². The van der Waals surface area contributed by atoms with Crippen molar-refractivity contribution < 1.29 is 4.79 Å². The number of amides is 1. The molecule has 0 spiro atoms. The Balaban J connectivity index is 2.30. The first kappa shape index (κ1) is 13.4. The summed E-state index contributed by atoms with van der Waals surface area (Å²) >= 11 is 0. The Bertz CT molecular complexity index is 741. The van der Waals surface area contributed by atoms with Gasteiger partial charge in [0.15, 0.2) is 5.82 Å². The van der Waals surface area contributed by atoms with E-state index in [2.05, 4.69) is 15.3 Å². The smallest absolute Gasteiger partial charge is 0.259 e. The SMILES string of the molecule is CCN1c2ncc(N)cc2C(=O)Nc2c(C)cc(C)nc21. The highest BCUT2D eigenvalue weighted by Gasteiger charge is 2.28. The maximum atomic E-state index is 12.5. The number of pyridine rings is 2. The molecule has 0 aromatic carbocycles. The maximum Gasteiger partial charge on any atom is 0.259 e. The number of carbonyl (C=O) groups excluding carboxylic acids is 1. The summed E-state index contributed by atoms with van der Waals surface area (Å²) in [5.74, 6) is 1.09. The number of hydrogen-bond donors (Lipinski definition) is 2. The summed E-state index contributed by atoms with van der Waals surface area (Å²) in [5.41, 5.74) is 9.30. The number of nitrogens with two attached hydrogens (primary N) is 1. The van der Waals surface area contributed by atoms with E-state index in [0.29, 0.717) is 23.6 Å². The quantitative estimate of drug-likeness (QED) is 0.839. The minimum Gasteiger partial charge on any atom is -0.397 e. The minimum absolute atomic E-state index is 0.212. The van der Waals surface area contributed by atoms with Gasteiger partial charge in [-0.15, -0.1) is 0 Å². The molecule has 3 N–H and O–H groups in total. The molecular weight excluding hydrogens is 266 g/mol. The van der Waals surface area contributed by atoms with Gasteiger partial charge in [0.05, 0.1) is 23.1 Å². The average Bonchev–Trinajstić information content (AvgIpc) is 2.54. The molecule has 0 fully saturated rings. The first-order valence-corrected chi connectivity index (χ1v) is 6.84. The van der Waals surface area contributed by atoms with Crippen LogP contribution in [0.4, 0.5) is 23.0 Å². The molecule has 0 bridgehead atoms. The number of nitrogens with zero attached hydrogens (tertiary/aromatic N) is 3.